The summed E-state index contributed by atoms with van der Waals surface area (Å²) in [6.07, 6.45) is 2.76. The second-order valence-electron chi connectivity index (χ2n) is 4.57. The van der Waals surface area contributed by atoms with Gasteiger partial charge < -0.3 is 5.32 Å². The molecule has 2 rings (SSSR count). The van der Waals surface area contributed by atoms with Gasteiger partial charge in [-0.3, -0.25) is 4.68 Å². The minimum atomic E-state index is -0.873. The van der Waals surface area contributed by atoms with Crippen molar-refractivity contribution >= 4 is 15.9 Å². The molecule has 2 aromatic rings. The Bertz CT molecular complexity index is 598. The predicted octanol–water partition coefficient (Wildman–Crippen LogP) is 3.55. The fourth-order valence-electron chi connectivity index (χ4n) is 2.01. The topological polar surface area (TPSA) is 29.9 Å². The lowest BCUT2D eigenvalue weighted by Crippen LogP contribution is -2.24. The molecule has 1 N–H and O–H groups in total. The van der Waals surface area contributed by atoms with E-state index in [1.54, 1.807) is 10.7 Å². The van der Waals surface area contributed by atoms with Crippen molar-refractivity contribution in [1.29, 1.82) is 0 Å². The lowest BCUT2D eigenvalue weighted by molar-refractivity contribution is 0.496. The lowest BCUT2D eigenvalue weighted by Gasteiger charge is -2.19. The van der Waals surface area contributed by atoms with Crippen LogP contribution in [0.3, 0.4) is 0 Å². The Morgan fingerprint density at radius 3 is 2.70 bits per heavy atom. The van der Waals surface area contributed by atoms with Crippen molar-refractivity contribution in [2.75, 3.05) is 6.54 Å². The number of nitrogens with one attached hydrogen (secondary N) is 1. The minimum absolute atomic E-state index is 0.136. The maximum atomic E-state index is 13.7. The van der Waals surface area contributed by atoms with E-state index < -0.39 is 11.6 Å². The van der Waals surface area contributed by atoms with Gasteiger partial charge in [0.1, 0.15) is 0 Å². The molecule has 0 radical (unpaired) electrons. The normalized spacial score (nSPS) is 12.7. The first-order chi connectivity index (χ1) is 9.54. The van der Waals surface area contributed by atoms with Gasteiger partial charge in [-0.1, -0.05) is 13.0 Å². The molecule has 1 unspecified atom stereocenters. The van der Waals surface area contributed by atoms with Crippen LogP contribution in [-0.4, -0.2) is 16.3 Å². The first-order valence-electron chi connectivity index (χ1n) is 6.41. The summed E-state index contributed by atoms with van der Waals surface area (Å²) in [6, 6.07) is 4.30. The van der Waals surface area contributed by atoms with E-state index in [9.17, 15) is 8.78 Å². The van der Waals surface area contributed by atoms with E-state index in [1.165, 1.54) is 0 Å². The van der Waals surface area contributed by atoms with Crippen LogP contribution in [0.2, 0.25) is 0 Å². The number of halogens is 3. The van der Waals surface area contributed by atoms with Gasteiger partial charge in [0.25, 0.3) is 0 Å². The average molecular weight is 344 g/mol. The molecule has 0 saturated carbocycles. The third-order valence-electron chi connectivity index (χ3n) is 3.00. The monoisotopic (exact) mass is 343 g/mol. The molecule has 20 heavy (non-hydrogen) atoms. The smallest absolute Gasteiger partial charge is 0.173 e. The Kier molecular flexibility index (Phi) is 4.88. The summed E-state index contributed by atoms with van der Waals surface area (Å²) in [5.41, 5.74) is 1.41. The highest BCUT2D eigenvalue weighted by atomic mass is 79.9. The fraction of sp³-hybridized carbons (Fsp3) is 0.357. The average Bonchev–Trinajstić information content (AvgIpc) is 2.85. The minimum Gasteiger partial charge on any atom is -0.305 e. The molecule has 0 amide bonds. The van der Waals surface area contributed by atoms with Crippen molar-refractivity contribution in [2.24, 2.45) is 7.05 Å². The molecule has 1 aromatic heterocycles. The molecule has 0 fully saturated rings. The van der Waals surface area contributed by atoms with Crippen molar-refractivity contribution in [1.82, 2.24) is 15.1 Å². The molecular weight excluding hydrogens is 328 g/mol. The van der Waals surface area contributed by atoms with E-state index in [0.717, 1.165) is 24.7 Å². The molecule has 0 saturated heterocycles. The van der Waals surface area contributed by atoms with Gasteiger partial charge in [0.2, 0.25) is 0 Å². The van der Waals surface area contributed by atoms with Crippen molar-refractivity contribution in [3.05, 3.63) is 51.8 Å². The van der Waals surface area contributed by atoms with Gasteiger partial charge >= 0.3 is 0 Å². The van der Waals surface area contributed by atoms with Crippen LogP contribution in [0.4, 0.5) is 8.78 Å². The number of aromatic nitrogens is 2. The third-order valence-corrected chi connectivity index (χ3v) is 3.81. The molecule has 0 aliphatic heterocycles. The summed E-state index contributed by atoms with van der Waals surface area (Å²) >= 11 is 3.14. The third kappa shape index (κ3) is 3.07. The van der Waals surface area contributed by atoms with Gasteiger partial charge in [0, 0.05) is 13.2 Å². The molecule has 1 heterocycles. The molecule has 1 aromatic carbocycles. The van der Waals surface area contributed by atoms with E-state index in [-0.39, 0.29) is 10.5 Å². The van der Waals surface area contributed by atoms with Crippen molar-refractivity contribution in [2.45, 2.75) is 19.4 Å². The molecule has 0 aliphatic carbocycles. The van der Waals surface area contributed by atoms with E-state index >= 15 is 0 Å². The Balaban J connectivity index is 2.43. The van der Waals surface area contributed by atoms with Crippen LogP contribution in [0, 0.1) is 11.6 Å². The number of nitrogens with zero attached hydrogens (tertiary/aromatic N) is 2. The fourth-order valence-corrected chi connectivity index (χ4v) is 2.56. The highest BCUT2D eigenvalue weighted by Crippen LogP contribution is 2.31. The van der Waals surface area contributed by atoms with Crippen molar-refractivity contribution in [3.63, 3.8) is 0 Å². The number of rotatable bonds is 5. The predicted molar refractivity (Wildman–Crippen MR) is 77.4 cm³/mol. The molecule has 1 atom stereocenters. The first-order valence-corrected chi connectivity index (χ1v) is 7.20. The number of benzene rings is 1. The van der Waals surface area contributed by atoms with Crippen LogP contribution < -0.4 is 5.32 Å². The van der Waals surface area contributed by atoms with Gasteiger partial charge in [-0.25, -0.2) is 8.78 Å². The van der Waals surface area contributed by atoms with E-state index in [4.69, 9.17) is 0 Å². The first kappa shape index (κ1) is 15.1. The van der Waals surface area contributed by atoms with Gasteiger partial charge in [-0.2, -0.15) is 5.10 Å². The SMILES string of the molecule is CCCNC(c1ccn(C)n1)c1ccc(F)c(F)c1Br. The number of aryl methyl sites for hydroxylation is 1. The maximum Gasteiger partial charge on any atom is 0.173 e. The zero-order chi connectivity index (χ0) is 14.7. The summed E-state index contributed by atoms with van der Waals surface area (Å²) in [4.78, 5) is 0. The lowest BCUT2D eigenvalue weighted by atomic mass is 10.0. The molecule has 0 spiro atoms. The Morgan fingerprint density at radius 1 is 1.35 bits per heavy atom. The Hall–Kier alpha value is -1.27. The van der Waals surface area contributed by atoms with E-state index in [1.807, 2.05) is 26.2 Å². The molecule has 0 aliphatic rings. The summed E-state index contributed by atoms with van der Waals surface area (Å²) in [7, 11) is 1.82. The van der Waals surface area contributed by atoms with Gasteiger partial charge in [0.05, 0.1) is 16.2 Å². The van der Waals surface area contributed by atoms with Gasteiger partial charge in [0.15, 0.2) is 11.6 Å². The summed E-state index contributed by atoms with van der Waals surface area (Å²) in [5, 5.41) is 7.66. The molecular formula is C14H16BrF2N3. The summed E-state index contributed by atoms with van der Waals surface area (Å²) < 4.78 is 28.8. The number of hydrogen-bond acceptors (Lipinski definition) is 2. The zero-order valence-corrected chi connectivity index (χ0v) is 12.9. The highest BCUT2D eigenvalue weighted by Gasteiger charge is 2.21. The Morgan fingerprint density at radius 2 is 2.10 bits per heavy atom. The van der Waals surface area contributed by atoms with E-state index in [2.05, 4.69) is 26.3 Å². The summed E-state index contributed by atoms with van der Waals surface area (Å²) in [5.74, 6) is -1.74. The van der Waals surface area contributed by atoms with Crippen molar-refractivity contribution in [3.8, 4) is 0 Å². The Labute approximate surface area is 125 Å². The van der Waals surface area contributed by atoms with Crippen LogP contribution in [-0.2, 0) is 7.05 Å². The van der Waals surface area contributed by atoms with Crippen LogP contribution in [0.5, 0.6) is 0 Å². The van der Waals surface area contributed by atoms with E-state index in [0.29, 0.717) is 5.56 Å². The van der Waals surface area contributed by atoms with Crippen LogP contribution in [0.25, 0.3) is 0 Å². The molecule has 108 valence electrons. The standard InChI is InChI=1S/C14H16BrF2N3/c1-3-7-18-14(11-6-8-20(2)19-11)9-4-5-10(16)13(17)12(9)15/h4-6,8,14,18H,3,7H2,1-2H3. The molecule has 0 bridgehead atoms. The maximum absolute atomic E-state index is 13.7. The quantitative estimate of drug-likeness (QED) is 0.841. The largest absolute Gasteiger partial charge is 0.305 e. The molecule has 3 nitrogen and oxygen atoms in total. The summed E-state index contributed by atoms with van der Waals surface area (Å²) in [6.45, 7) is 2.80. The molecule has 6 heteroatoms. The second-order valence-corrected chi connectivity index (χ2v) is 5.36. The van der Waals surface area contributed by atoms with Crippen molar-refractivity contribution < 1.29 is 8.78 Å². The van der Waals surface area contributed by atoms with Crippen LogP contribution in [0.15, 0.2) is 28.9 Å². The second kappa shape index (κ2) is 6.45. The highest BCUT2D eigenvalue weighted by molar-refractivity contribution is 9.10. The zero-order valence-electron chi connectivity index (χ0n) is 11.3. The van der Waals surface area contributed by atoms with Crippen LogP contribution >= 0.6 is 15.9 Å². The van der Waals surface area contributed by atoms with Crippen LogP contribution in [0.1, 0.15) is 30.6 Å². The van der Waals surface area contributed by atoms with Gasteiger partial charge in [-0.05, 0) is 46.6 Å². The number of hydrogen-bond donors (Lipinski definition) is 1. The van der Waals surface area contributed by atoms with Gasteiger partial charge in [-0.15, -0.1) is 0 Å².